The van der Waals surface area contributed by atoms with Gasteiger partial charge in [-0.2, -0.15) is 0 Å². The average molecular weight is 231 g/mol. The van der Waals surface area contributed by atoms with Crippen molar-refractivity contribution in [1.82, 2.24) is 4.98 Å². The van der Waals surface area contributed by atoms with Crippen LogP contribution in [-0.2, 0) is 4.79 Å². The van der Waals surface area contributed by atoms with Crippen molar-refractivity contribution in [3.63, 3.8) is 0 Å². The van der Waals surface area contributed by atoms with Crippen LogP contribution < -0.4 is 5.43 Å². The number of aromatic nitrogens is 1. The fourth-order valence-corrected chi connectivity index (χ4v) is 1.93. The Labute approximate surface area is 97.9 Å². The predicted molar refractivity (Wildman–Crippen MR) is 65.2 cm³/mol. The van der Waals surface area contributed by atoms with Gasteiger partial charge in [0.1, 0.15) is 0 Å². The number of carboxylic acid groups (broad SMARTS) is 1. The summed E-state index contributed by atoms with van der Waals surface area (Å²) < 4.78 is 0. The van der Waals surface area contributed by atoms with Crippen molar-refractivity contribution in [3.8, 4) is 0 Å². The third-order valence-corrected chi connectivity index (χ3v) is 2.84. The Kier molecular flexibility index (Phi) is 2.95. The summed E-state index contributed by atoms with van der Waals surface area (Å²) in [4.78, 5) is 25.9. The van der Waals surface area contributed by atoms with E-state index in [-0.39, 0.29) is 5.43 Å². The van der Waals surface area contributed by atoms with E-state index >= 15 is 0 Å². The van der Waals surface area contributed by atoms with Gasteiger partial charge in [0.2, 0.25) is 0 Å². The van der Waals surface area contributed by atoms with Crippen LogP contribution in [0.15, 0.2) is 35.1 Å². The topological polar surface area (TPSA) is 70.2 Å². The zero-order chi connectivity index (χ0) is 12.4. The number of aromatic amines is 1. The molecule has 4 nitrogen and oxygen atoms in total. The number of rotatable bonds is 3. The van der Waals surface area contributed by atoms with Gasteiger partial charge in [-0.1, -0.05) is 19.1 Å². The van der Waals surface area contributed by atoms with E-state index in [0.29, 0.717) is 23.0 Å². The summed E-state index contributed by atoms with van der Waals surface area (Å²) in [6.07, 6.45) is 0.448. The molecule has 0 aliphatic heterocycles. The second kappa shape index (κ2) is 4.41. The van der Waals surface area contributed by atoms with Gasteiger partial charge in [-0.25, -0.2) is 0 Å². The molecule has 0 aliphatic carbocycles. The Morgan fingerprint density at radius 2 is 2.12 bits per heavy atom. The molecule has 0 fully saturated rings. The minimum absolute atomic E-state index is 0.144. The van der Waals surface area contributed by atoms with Crippen molar-refractivity contribution in [1.29, 1.82) is 0 Å². The lowest BCUT2D eigenvalue weighted by molar-refractivity contribution is -0.138. The van der Waals surface area contributed by atoms with E-state index in [1.165, 1.54) is 6.07 Å². The van der Waals surface area contributed by atoms with Gasteiger partial charge in [-0.15, -0.1) is 0 Å². The number of nitrogens with one attached hydrogen (secondary N) is 1. The number of benzene rings is 1. The minimum Gasteiger partial charge on any atom is -0.481 e. The maximum atomic E-state index is 11.8. The van der Waals surface area contributed by atoms with Crippen LogP contribution in [-0.4, -0.2) is 16.1 Å². The molecule has 0 aliphatic rings. The standard InChI is InChI=1S/C13H13NO3/c1-2-8(13(16)17)11-7-12(15)9-5-3-4-6-10(9)14-11/h3-8H,2H2,1H3,(H,14,15)(H,16,17). The smallest absolute Gasteiger partial charge is 0.312 e. The molecule has 1 heterocycles. The number of pyridine rings is 1. The van der Waals surface area contributed by atoms with Gasteiger partial charge in [-0.05, 0) is 18.6 Å². The lowest BCUT2D eigenvalue weighted by Crippen LogP contribution is -2.15. The quantitative estimate of drug-likeness (QED) is 0.849. The predicted octanol–water partition coefficient (Wildman–Crippen LogP) is 2.11. The summed E-state index contributed by atoms with van der Waals surface area (Å²) in [6.45, 7) is 1.78. The molecule has 0 saturated heterocycles. The number of H-pyrrole nitrogens is 1. The summed E-state index contributed by atoms with van der Waals surface area (Å²) in [5.74, 6) is -1.58. The summed E-state index contributed by atoms with van der Waals surface area (Å²) in [5, 5.41) is 9.65. The molecule has 1 aromatic heterocycles. The summed E-state index contributed by atoms with van der Waals surface area (Å²) in [6, 6.07) is 8.47. The Bertz CT molecular complexity index is 615. The van der Waals surface area contributed by atoms with Crippen LogP contribution in [0, 0.1) is 0 Å². The average Bonchev–Trinajstić information content (AvgIpc) is 2.29. The summed E-state index contributed by atoms with van der Waals surface area (Å²) in [5.41, 5.74) is 0.993. The van der Waals surface area contributed by atoms with Crippen LogP contribution in [0.4, 0.5) is 0 Å². The van der Waals surface area contributed by atoms with Gasteiger partial charge in [0, 0.05) is 22.7 Å². The molecule has 0 spiro atoms. The highest BCUT2D eigenvalue weighted by atomic mass is 16.4. The first-order chi connectivity index (χ1) is 8.13. The molecule has 4 heteroatoms. The van der Waals surface area contributed by atoms with Gasteiger partial charge in [0.25, 0.3) is 0 Å². The van der Waals surface area contributed by atoms with Crippen LogP contribution in [0.1, 0.15) is 25.0 Å². The molecule has 0 saturated carbocycles. The highest BCUT2D eigenvalue weighted by molar-refractivity contribution is 5.80. The summed E-state index contributed by atoms with van der Waals surface area (Å²) >= 11 is 0. The molecule has 2 N–H and O–H groups in total. The van der Waals surface area contributed by atoms with Gasteiger partial charge in [-0.3, -0.25) is 9.59 Å². The van der Waals surface area contributed by atoms with Crippen LogP contribution in [0.5, 0.6) is 0 Å². The highest BCUT2D eigenvalue weighted by Crippen LogP contribution is 2.18. The number of fused-ring (bicyclic) bond motifs is 1. The lowest BCUT2D eigenvalue weighted by Gasteiger charge is -2.10. The van der Waals surface area contributed by atoms with Gasteiger partial charge < -0.3 is 10.1 Å². The van der Waals surface area contributed by atoms with E-state index in [0.717, 1.165) is 0 Å². The molecule has 1 atom stereocenters. The molecule has 0 bridgehead atoms. The van der Waals surface area contributed by atoms with Crippen molar-refractivity contribution in [3.05, 3.63) is 46.2 Å². The van der Waals surface area contributed by atoms with E-state index in [4.69, 9.17) is 5.11 Å². The molecular formula is C13H13NO3. The Morgan fingerprint density at radius 3 is 2.76 bits per heavy atom. The third-order valence-electron chi connectivity index (χ3n) is 2.84. The molecule has 88 valence electrons. The highest BCUT2D eigenvalue weighted by Gasteiger charge is 2.19. The van der Waals surface area contributed by atoms with Crippen molar-refractivity contribution in [2.24, 2.45) is 0 Å². The van der Waals surface area contributed by atoms with E-state index in [2.05, 4.69) is 4.98 Å². The number of hydrogen-bond acceptors (Lipinski definition) is 2. The van der Waals surface area contributed by atoms with Gasteiger partial charge >= 0.3 is 5.97 Å². The maximum absolute atomic E-state index is 11.8. The zero-order valence-corrected chi connectivity index (χ0v) is 9.43. The van der Waals surface area contributed by atoms with Crippen LogP contribution in [0.2, 0.25) is 0 Å². The van der Waals surface area contributed by atoms with Crippen LogP contribution in [0.25, 0.3) is 10.9 Å². The first-order valence-electron chi connectivity index (χ1n) is 5.48. The van der Waals surface area contributed by atoms with E-state index < -0.39 is 11.9 Å². The first-order valence-corrected chi connectivity index (χ1v) is 5.48. The fourth-order valence-electron chi connectivity index (χ4n) is 1.93. The first kappa shape index (κ1) is 11.4. The van der Waals surface area contributed by atoms with Crippen molar-refractivity contribution < 1.29 is 9.90 Å². The van der Waals surface area contributed by atoms with E-state index in [1.807, 2.05) is 6.07 Å². The van der Waals surface area contributed by atoms with E-state index in [1.54, 1.807) is 25.1 Å². The molecule has 17 heavy (non-hydrogen) atoms. The lowest BCUT2D eigenvalue weighted by atomic mass is 10.0. The van der Waals surface area contributed by atoms with Crippen LogP contribution in [0.3, 0.4) is 0 Å². The monoisotopic (exact) mass is 231 g/mol. The van der Waals surface area contributed by atoms with E-state index in [9.17, 15) is 9.59 Å². The third kappa shape index (κ3) is 2.06. The largest absolute Gasteiger partial charge is 0.481 e. The van der Waals surface area contributed by atoms with Gasteiger partial charge in [0.05, 0.1) is 5.92 Å². The number of carbonyl (C=O) groups is 1. The van der Waals surface area contributed by atoms with Crippen molar-refractivity contribution in [2.75, 3.05) is 0 Å². The summed E-state index contributed by atoms with van der Waals surface area (Å²) in [7, 11) is 0. The Hall–Kier alpha value is -2.10. The molecule has 2 rings (SSSR count). The molecule has 0 radical (unpaired) electrons. The molecule has 1 unspecified atom stereocenters. The second-order valence-electron chi connectivity index (χ2n) is 3.93. The number of hydrogen-bond donors (Lipinski definition) is 2. The SMILES string of the molecule is CCC(C(=O)O)c1cc(=O)c2ccccc2[nH]1. The normalized spacial score (nSPS) is 12.5. The zero-order valence-electron chi connectivity index (χ0n) is 9.43. The number of carboxylic acids is 1. The number of para-hydroxylation sites is 1. The second-order valence-corrected chi connectivity index (χ2v) is 3.93. The molecule has 2 aromatic rings. The van der Waals surface area contributed by atoms with Crippen LogP contribution >= 0.6 is 0 Å². The Balaban J connectivity index is 2.64. The van der Waals surface area contributed by atoms with Gasteiger partial charge in [0.15, 0.2) is 5.43 Å². The fraction of sp³-hybridized carbons (Fsp3) is 0.231. The Morgan fingerprint density at radius 1 is 1.41 bits per heavy atom. The number of aliphatic carboxylic acids is 1. The minimum atomic E-state index is -0.918. The van der Waals surface area contributed by atoms with Crippen molar-refractivity contribution in [2.45, 2.75) is 19.3 Å². The molecular weight excluding hydrogens is 218 g/mol. The maximum Gasteiger partial charge on any atom is 0.312 e. The van der Waals surface area contributed by atoms with Crippen molar-refractivity contribution >= 4 is 16.9 Å². The molecule has 0 amide bonds. The molecule has 1 aromatic carbocycles.